The van der Waals surface area contributed by atoms with Crippen molar-refractivity contribution in [2.24, 2.45) is 0 Å². The van der Waals surface area contributed by atoms with E-state index in [1.807, 2.05) is 0 Å². The molecule has 0 bridgehead atoms. The van der Waals surface area contributed by atoms with Crippen molar-refractivity contribution in [3.63, 3.8) is 0 Å². The molecule has 4 heteroatoms. The van der Waals surface area contributed by atoms with Gasteiger partial charge in [0.15, 0.2) is 6.73 Å². The van der Waals surface area contributed by atoms with Crippen molar-refractivity contribution in [3.05, 3.63) is 0 Å². The van der Waals surface area contributed by atoms with Crippen LogP contribution < -0.4 is 12.4 Å². The van der Waals surface area contributed by atoms with Crippen LogP contribution in [-0.4, -0.2) is 50.2 Å². The molecule has 0 aromatic rings. The van der Waals surface area contributed by atoms with Gasteiger partial charge in [0, 0.05) is 13.0 Å². The maximum atomic E-state index is 8.91. The lowest BCUT2D eigenvalue weighted by molar-refractivity contribution is -0.909. The largest absolute Gasteiger partial charge is 1.00 e. The second-order valence-electron chi connectivity index (χ2n) is 9.08. The number of aliphatic hydroxyl groups is 1. The van der Waals surface area contributed by atoms with E-state index in [0.29, 0.717) is 0 Å². The molecule has 28 heavy (non-hydrogen) atoms. The maximum absolute atomic E-state index is 8.91. The Labute approximate surface area is 183 Å². The number of aliphatic hydroxyl groups excluding tert-OH is 1. The quantitative estimate of drug-likeness (QED) is 0.164. The van der Waals surface area contributed by atoms with Crippen molar-refractivity contribution < 1.29 is 26.7 Å². The molecular weight excluding hydrogens is 370 g/mol. The molecule has 0 aliphatic heterocycles. The molecule has 0 radical (unpaired) electrons. The zero-order valence-corrected chi connectivity index (χ0v) is 20.3. The standard InChI is InChI=1S/C24H52NO2.ClH/c1-4-5-6-7-8-9-10-11-12-13-14-15-16-17-18-19-23-27-24-25(2,3)21-20-22-26;/h26H,4-24H2,1-3H3;1H/q+1;/p-1. The summed E-state index contributed by atoms with van der Waals surface area (Å²) in [4.78, 5) is 0. The van der Waals surface area contributed by atoms with Gasteiger partial charge in [0.2, 0.25) is 0 Å². The Kier molecular flexibility index (Phi) is 25.4. The van der Waals surface area contributed by atoms with E-state index < -0.39 is 0 Å². The summed E-state index contributed by atoms with van der Waals surface area (Å²) in [6, 6.07) is 0. The van der Waals surface area contributed by atoms with Crippen molar-refractivity contribution in [3.8, 4) is 0 Å². The summed E-state index contributed by atoms with van der Waals surface area (Å²) in [5, 5.41) is 8.91. The van der Waals surface area contributed by atoms with E-state index in [0.717, 1.165) is 30.8 Å². The van der Waals surface area contributed by atoms with E-state index in [2.05, 4.69) is 21.0 Å². The van der Waals surface area contributed by atoms with E-state index in [-0.39, 0.29) is 19.0 Å². The third-order valence-electron chi connectivity index (χ3n) is 5.50. The smallest absolute Gasteiger partial charge is 0.182 e. The molecule has 0 rings (SSSR count). The number of hydrogen-bond acceptors (Lipinski definition) is 2. The van der Waals surface area contributed by atoms with Gasteiger partial charge in [-0.15, -0.1) is 0 Å². The van der Waals surface area contributed by atoms with Gasteiger partial charge < -0.3 is 26.7 Å². The Bertz CT molecular complexity index is 288. The molecule has 0 aromatic carbocycles. The van der Waals surface area contributed by atoms with Crippen molar-refractivity contribution >= 4 is 0 Å². The maximum Gasteiger partial charge on any atom is 0.182 e. The predicted molar refractivity (Wildman–Crippen MR) is 119 cm³/mol. The fourth-order valence-corrected chi connectivity index (χ4v) is 3.63. The first-order chi connectivity index (χ1) is 13.1. The van der Waals surface area contributed by atoms with Gasteiger partial charge in [-0.3, -0.25) is 0 Å². The molecule has 3 nitrogen and oxygen atoms in total. The number of hydrogen-bond donors (Lipinski definition) is 1. The van der Waals surface area contributed by atoms with Crippen molar-refractivity contribution in [2.75, 3.05) is 40.6 Å². The van der Waals surface area contributed by atoms with Gasteiger partial charge in [0.1, 0.15) is 0 Å². The van der Waals surface area contributed by atoms with Gasteiger partial charge in [0.05, 0.1) is 27.2 Å². The van der Waals surface area contributed by atoms with Gasteiger partial charge in [-0.25, -0.2) is 0 Å². The van der Waals surface area contributed by atoms with Crippen LogP contribution in [0.5, 0.6) is 0 Å². The van der Waals surface area contributed by atoms with Crippen molar-refractivity contribution in [1.29, 1.82) is 0 Å². The normalized spacial score (nSPS) is 11.6. The topological polar surface area (TPSA) is 29.5 Å². The lowest BCUT2D eigenvalue weighted by Crippen LogP contribution is -3.00. The molecule has 0 aromatic heterocycles. The molecule has 0 unspecified atom stereocenters. The van der Waals surface area contributed by atoms with Gasteiger partial charge in [-0.1, -0.05) is 103 Å². The minimum absolute atomic E-state index is 0. The molecule has 0 aliphatic rings. The van der Waals surface area contributed by atoms with Crippen LogP contribution in [0, 0.1) is 0 Å². The minimum Gasteiger partial charge on any atom is -1.00 e. The van der Waals surface area contributed by atoms with E-state index in [1.54, 1.807) is 0 Å². The zero-order chi connectivity index (χ0) is 20.1. The second-order valence-corrected chi connectivity index (χ2v) is 9.08. The molecule has 0 fully saturated rings. The summed E-state index contributed by atoms with van der Waals surface area (Å²) in [5.74, 6) is 0. The first-order valence-electron chi connectivity index (χ1n) is 12.1. The highest BCUT2D eigenvalue weighted by atomic mass is 35.5. The molecule has 1 N–H and O–H groups in total. The predicted octanol–water partition coefficient (Wildman–Crippen LogP) is 3.68. The van der Waals surface area contributed by atoms with Crippen LogP contribution in [0.15, 0.2) is 0 Å². The molecule has 0 amide bonds. The molecule has 0 saturated heterocycles. The second kappa shape index (κ2) is 23.4. The van der Waals surface area contributed by atoms with E-state index in [9.17, 15) is 0 Å². The Morgan fingerprint density at radius 1 is 0.607 bits per heavy atom. The number of halogens is 1. The molecule has 0 spiro atoms. The summed E-state index contributed by atoms with van der Waals surface area (Å²) in [7, 11) is 4.34. The van der Waals surface area contributed by atoms with Crippen LogP contribution in [0.2, 0.25) is 0 Å². The molecule has 0 heterocycles. The van der Waals surface area contributed by atoms with Crippen molar-refractivity contribution in [1.82, 2.24) is 0 Å². The Balaban J connectivity index is 0. The third-order valence-corrected chi connectivity index (χ3v) is 5.50. The van der Waals surface area contributed by atoms with E-state index >= 15 is 0 Å². The van der Waals surface area contributed by atoms with E-state index in [1.165, 1.54) is 103 Å². The fraction of sp³-hybridized carbons (Fsp3) is 1.00. The zero-order valence-electron chi connectivity index (χ0n) is 19.5. The van der Waals surface area contributed by atoms with Crippen LogP contribution in [0.4, 0.5) is 0 Å². The third kappa shape index (κ3) is 24.2. The summed E-state index contributed by atoms with van der Waals surface area (Å²) in [6.07, 6.45) is 23.4. The van der Waals surface area contributed by atoms with Crippen LogP contribution >= 0.6 is 0 Å². The lowest BCUT2D eigenvalue weighted by atomic mass is 10.0. The lowest BCUT2D eigenvalue weighted by Gasteiger charge is -2.28. The number of rotatable bonds is 22. The summed E-state index contributed by atoms with van der Waals surface area (Å²) in [5.41, 5.74) is 0. The van der Waals surface area contributed by atoms with Crippen LogP contribution in [0.3, 0.4) is 0 Å². The monoisotopic (exact) mass is 421 g/mol. The van der Waals surface area contributed by atoms with Crippen LogP contribution in [-0.2, 0) is 4.74 Å². The number of unbranched alkanes of at least 4 members (excludes halogenated alkanes) is 15. The SMILES string of the molecule is CCCCCCCCCCCCCCCCCCOC[N+](C)(C)CCCO.[Cl-]. The Morgan fingerprint density at radius 3 is 1.39 bits per heavy atom. The van der Waals surface area contributed by atoms with Gasteiger partial charge in [0.25, 0.3) is 0 Å². The molecule has 0 aliphatic carbocycles. The first-order valence-corrected chi connectivity index (χ1v) is 12.1. The highest BCUT2D eigenvalue weighted by Gasteiger charge is 2.13. The highest BCUT2D eigenvalue weighted by molar-refractivity contribution is 4.50. The average Bonchev–Trinajstić information content (AvgIpc) is 2.65. The molecule has 0 saturated carbocycles. The van der Waals surface area contributed by atoms with Crippen LogP contribution in [0.25, 0.3) is 0 Å². The Morgan fingerprint density at radius 2 is 1.00 bits per heavy atom. The van der Waals surface area contributed by atoms with Gasteiger partial charge >= 0.3 is 0 Å². The number of quaternary nitrogens is 1. The summed E-state index contributed by atoms with van der Waals surface area (Å²) >= 11 is 0. The molecule has 0 atom stereocenters. The average molecular weight is 422 g/mol. The fourth-order valence-electron chi connectivity index (χ4n) is 3.63. The number of ether oxygens (including phenoxy) is 1. The van der Waals surface area contributed by atoms with Crippen LogP contribution in [0.1, 0.15) is 116 Å². The first kappa shape index (κ1) is 30.4. The van der Waals surface area contributed by atoms with Gasteiger partial charge in [-0.2, -0.15) is 0 Å². The Hall–Kier alpha value is 0.170. The summed E-state index contributed by atoms with van der Waals surface area (Å²) in [6.45, 7) is 5.20. The minimum atomic E-state index is 0. The van der Waals surface area contributed by atoms with E-state index in [4.69, 9.17) is 9.84 Å². The molecule has 172 valence electrons. The highest BCUT2D eigenvalue weighted by Crippen LogP contribution is 2.13. The summed E-state index contributed by atoms with van der Waals surface area (Å²) < 4.78 is 6.65. The molecular formula is C24H52ClNO2. The number of nitrogens with zero attached hydrogens (tertiary/aromatic N) is 1. The van der Waals surface area contributed by atoms with Crippen molar-refractivity contribution in [2.45, 2.75) is 116 Å². The van der Waals surface area contributed by atoms with Gasteiger partial charge in [-0.05, 0) is 6.42 Å².